The Bertz CT molecular complexity index is 315. The molecule has 1 rings (SSSR count). The second-order valence-electron chi connectivity index (χ2n) is 4.39. The molecule has 0 radical (unpaired) electrons. The van der Waals surface area contributed by atoms with Gasteiger partial charge in [-0.2, -0.15) is 17.0 Å². The molecule has 2 N–H and O–H groups in total. The molecule has 0 aromatic carbocycles. The summed E-state index contributed by atoms with van der Waals surface area (Å²) in [4.78, 5) is 0. The number of nitrogens with two attached hydrogens (primary N) is 1. The molecule has 17 heavy (non-hydrogen) atoms. The maximum Gasteiger partial charge on any atom is 0.281 e. The molecule has 1 heterocycles. The van der Waals surface area contributed by atoms with Crippen molar-refractivity contribution >= 4 is 10.2 Å². The Morgan fingerprint density at radius 2 is 2.06 bits per heavy atom. The van der Waals surface area contributed by atoms with E-state index >= 15 is 0 Å². The van der Waals surface area contributed by atoms with Gasteiger partial charge in [0, 0.05) is 33.8 Å². The van der Waals surface area contributed by atoms with Crippen LogP contribution in [0.3, 0.4) is 0 Å². The van der Waals surface area contributed by atoms with Gasteiger partial charge < -0.3 is 10.5 Å². The molecule has 0 aromatic heterocycles. The van der Waals surface area contributed by atoms with Gasteiger partial charge in [-0.25, -0.2) is 0 Å². The lowest BCUT2D eigenvalue weighted by Gasteiger charge is -2.26. The maximum atomic E-state index is 12.1. The molecular formula is C10H23N3O3S. The number of rotatable bonds is 7. The Kier molecular flexibility index (Phi) is 5.81. The quantitative estimate of drug-likeness (QED) is 0.681. The van der Waals surface area contributed by atoms with Gasteiger partial charge in [-0.3, -0.25) is 0 Å². The lowest BCUT2D eigenvalue weighted by Crippen LogP contribution is -2.43. The third-order valence-corrected chi connectivity index (χ3v) is 4.86. The predicted octanol–water partition coefficient (Wildman–Crippen LogP) is -0.377. The van der Waals surface area contributed by atoms with Crippen molar-refractivity contribution in [3.05, 3.63) is 0 Å². The molecule has 1 fully saturated rings. The zero-order valence-corrected chi connectivity index (χ0v) is 11.4. The Morgan fingerprint density at radius 3 is 2.59 bits per heavy atom. The van der Waals surface area contributed by atoms with Gasteiger partial charge >= 0.3 is 0 Å². The SMILES string of the molecule is CN(CCCN)S(=O)(=O)N(C)CC1CCCO1. The van der Waals surface area contributed by atoms with Crippen molar-refractivity contribution < 1.29 is 13.2 Å². The number of nitrogens with zero attached hydrogens (tertiary/aromatic N) is 2. The lowest BCUT2D eigenvalue weighted by atomic mass is 10.2. The number of ether oxygens (including phenoxy) is 1. The van der Waals surface area contributed by atoms with Crippen LogP contribution in [0.15, 0.2) is 0 Å². The third kappa shape index (κ3) is 4.18. The minimum Gasteiger partial charge on any atom is -0.377 e. The Labute approximate surface area is 104 Å². The topological polar surface area (TPSA) is 75.9 Å². The summed E-state index contributed by atoms with van der Waals surface area (Å²) >= 11 is 0. The van der Waals surface area contributed by atoms with E-state index in [0.717, 1.165) is 19.4 Å². The van der Waals surface area contributed by atoms with Crippen LogP contribution in [0.25, 0.3) is 0 Å². The third-order valence-electron chi connectivity index (χ3n) is 2.95. The van der Waals surface area contributed by atoms with Crippen molar-refractivity contribution in [2.75, 3.05) is 40.3 Å². The largest absolute Gasteiger partial charge is 0.377 e. The van der Waals surface area contributed by atoms with E-state index in [0.29, 0.717) is 26.1 Å². The molecule has 1 aliphatic heterocycles. The lowest BCUT2D eigenvalue weighted by molar-refractivity contribution is 0.0967. The second kappa shape index (κ2) is 6.65. The molecular weight excluding hydrogens is 242 g/mol. The molecule has 0 saturated carbocycles. The number of hydrogen-bond acceptors (Lipinski definition) is 4. The normalized spacial score (nSPS) is 21.6. The molecule has 6 nitrogen and oxygen atoms in total. The van der Waals surface area contributed by atoms with E-state index in [1.54, 1.807) is 14.1 Å². The molecule has 0 bridgehead atoms. The highest BCUT2D eigenvalue weighted by Crippen LogP contribution is 2.15. The molecule has 0 spiro atoms. The minimum atomic E-state index is -3.37. The van der Waals surface area contributed by atoms with E-state index < -0.39 is 10.2 Å². The van der Waals surface area contributed by atoms with Crippen LogP contribution in [-0.2, 0) is 14.9 Å². The van der Waals surface area contributed by atoms with Crippen LogP contribution in [0.2, 0.25) is 0 Å². The molecule has 0 aliphatic carbocycles. The predicted molar refractivity (Wildman–Crippen MR) is 66.8 cm³/mol. The van der Waals surface area contributed by atoms with Crippen molar-refractivity contribution in [1.82, 2.24) is 8.61 Å². The molecule has 1 saturated heterocycles. The highest BCUT2D eigenvalue weighted by Gasteiger charge is 2.27. The summed E-state index contributed by atoms with van der Waals surface area (Å²) in [5.41, 5.74) is 5.37. The van der Waals surface area contributed by atoms with E-state index in [1.165, 1.54) is 8.61 Å². The van der Waals surface area contributed by atoms with Gasteiger partial charge in [0.25, 0.3) is 10.2 Å². The van der Waals surface area contributed by atoms with Gasteiger partial charge in [0.05, 0.1) is 6.10 Å². The number of likely N-dealkylation sites (N-methyl/N-ethyl adjacent to an activating group) is 1. The van der Waals surface area contributed by atoms with E-state index in [-0.39, 0.29) is 6.10 Å². The zero-order valence-electron chi connectivity index (χ0n) is 10.6. The fourth-order valence-electron chi connectivity index (χ4n) is 1.84. The van der Waals surface area contributed by atoms with Crippen molar-refractivity contribution in [3.8, 4) is 0 Å². The summed E-state index contributed by atoms with van der Waals surface area (Å²) in [6, 6.07) is 0. The minimum absolute atomic E-state index is 0.0395. The van der Waals surface area contributed by atoms with E-state index in [2.05, 4.69) is 0 Å². The second-order valence-corrected chi connectivity index (χ2v) is 6.53. The van der Waals surface area contributed by atoms with Gasteiger partial charge in [-0.15, -0.1) is 0 Å². The van der Waals surface area contributed by atoms with Crippen LogP contribution in [0.5, 0.6) is 0 Å². The Hall–Kier alpha value is -0.210. The monoisotopic (exact) mass is 265 g/mol. The van der Waals surface area contributed by atoms with Crippen LogP contribution in [-0.4, -0.2) is 63.5 Å². The highest BCUT2D eigenvalue weighted by molar-refractivity contribution is 7.86. The van der Waals surface area contributed by atoms with Crippen molar-refractivity contribution in [1.29, 1.82) is 0 Å². The Balaban J connectivity index is 2.49. The first-order chi connectivity index (χ1) is 7.98. The summed E-state index contributed by atoms with van der Waals surface area (Å²) in [7, 11) is -0.194. The number of hydrogen-bond donors (Lipinski definition) is 1. The smallest absolute Gasteiger partial charge is 0.281 e. The van der Waals surface area contributed by atoms with Crippen molar-refractivity contribution in [3.63, 3.8) is 0 Å². The van der Waals surface area contributed by atoms with Crippen LogP contribution < -0.4 is 5.73 Å². The Morgan fingerprint density at radius 1 is 1.35 bits per heavy atom. The van der Waals surface area contributed by atoms with E-state index in [4.69, 9.17) is 10.5 Å². The van der Waals surface area contributed by atoms with Gasteiger partial charge in [0.2, 0.25) is 0 Å². The van der Waals surface area contributed by atoms with Gasteiger partial charge in [0.15, 0.2) is 0 Å². The first kappa shape index (κ1) is 14.8. The molecule has 0 aromatic rings. The summed E-state index contributed by atoms with van der Waals surface area (Å²) in [6.45, 7) is 2.11. The maximum absolute atomic E-state index is 12.1. The summed E-state index contributed by atoms with van der Waals surface area (Å²) in [5.74, 6) is 0. The summed E-state index contributed by atoms with van der Waals surface area (Å²) in [6.07, 6.45) is 2.66. The first-order valence-electron chi connectivity index (χ1n) is 5.97. The highest BCUT2D eigenvalue weighted by atomic mass is 32.2. The summed E-state index contributed by atoms with van der Waals surface area (Å²) in [5, 5.41) is 0. The van der Waals surface area contributed by atoms with Gasteiger partial charge in [-0.1, -0.05) is 0 Å². The fraction of sp³-hybridized carbons (Fsp3) is 1.00. The molecule has 1 atom stereocenters. The van der Waals surface area contributed by atoms with Crippen LogP contribution in [0.4, 0.5) is 0 Å². The average Bonchev–Trinajstić information content (AvgIpc) is 2.78. The standard InChI is InChI=1S/C10H23N3O3S/c1-12(7-4-6-11)17(14,15)13(2)9-10-5-3-8-16-10/h10H,3-9,11H2,1-2H3. The molecule has 102 valence electrons. The molecule has 0 amide bonds. The van der Waals surface area contributed by atoms with E-state index in [9.17, 15) is 8.42 Å². The van der Waals surface area contributed by atoms with Crippen LogP contribution >= 0.6 is 0 Å². The molecule has 1 unspecified atom stereocenters. The molecule has 1 aliphatic rings. The molecule has 7 heteroatoms. The van der Waals surface area contributed by atoms with E-state index in [1.807, 2.05) is 0 Å². The van der Waals surface area contributed by atoms with Crippen molar-refractivity contribution in [2.45, 2.75) is 25.4 Å². The van der Waals surface area contributed by atoms with Crippen LogP contribution in [0, 0.1) is 0 Å². The zero-order chi connectivity index (χ0) is 12.9. The first-order valence-corrected chi connectivity index (χ1v) is 7.37. The van der Waals surface area contributed by atoms with Crippen molar-refractivity contribution in [2.24, 2.45) is 5.73 Å². The van der Waals surface area contributed by atoms with Gasteiger partial charge in [0.1, 0.15) is 0 Å². The summed E-state index contributed by atoms with van der Waals surface area (Å²) < 4.78 is 32.3. The van der Waals surface area contributed by atoms with Gasteiger partial charge in [-0.05, 0) is 25.8 Å². The fourth-order valence-corrected chi connectivity index (χ4v) is 3.03. The average molecular weight is 265 g/mol. The van der Waals surface area contributed by atoms with Crippen LogP contribution in [0.1, 0.15) is 19.3 Å².